The summed E-state index contributed by atoms with van der Waals surface area (Å²) in [4.78, 5) is 4.20. The van der Waals surface area contributed by atoms with E-state index in [-0.39, 0.29) is 0 Å². The molecule has 2 aromatic rings. The van der Waals surface area contributed by atoms with E-state index in [1.165, 1.54) is 5.56 Å². The number of benzene rings is 1. The highest BCUT2D eigenvalue weighted by atomic mass is 79.9. The number of rotatable bonds is 3. The fourth-order valence-corrected chi connectivity index (χ4v) is 2.09. The van der Waals surface area contributed by atoms with Gasteiger partial charge in [-0.15, -0.1) is 0 Å². The molecule has 0 saturated carbocycles. The molecule has 0 fully saturated rings. The number of aryl methyl sites for hydroxylation is 1. The molecule has 0 radical (unpaired) electrons. The second-order valence-corrected chi connectivity index (χ2v) is 4.72. The molecule has 90 valence electrons. The molecule has 0 amide bonds. The van der Waals surface area contributed by atoms with Crippen molar-refractivity contribution in [2.75, 3.05) is 5.32 Å². The molecular formula is C14H12BrN3. The molecule has 0 unspecified atom stereocenters. The number of halogens is 1. The minimum atomic E-state index is 0.412. The first-order valence-electron chi connectivity index (χ1n) is 5.65. The van der Waals surface area contributed by atoms with E-state index in [9.17, 15) is 0 Å². The molecule has 18 heavy (non-hydrogen) atoms. The van der Waals surface area contributed by atoms with E-state index >= 15 is 0 Å². The van der Waals surface area contributed by atoms with E-state index in [1.54, 1.807) is 6.07 Å². The van der Waals surface area contributed by atoms with Gasteiger partial charge in [-0.25, -0.2) is 4.98 Å². The number of nitriles is 1. The Hall–Kier alpha value is -1.86. The van der Waals surface area contributed by atoms with Crippen molar-refractivity contribution in [2.45, 2.75) is 13.3 Å². The predicted octanol–water partition coefficient (Wildman–Crippen LogP) is 4.02. The SMILES string of the molecule is CCc1cc(Br)ccc1Nc1cccc(C#N)n1. The third kappa shape index (κ3) is 2.88. The molecule has 0 aliphatic carbocycles. The summed E-state index contributed by atoms with van der Waals surface area (Å²) >= 11 is 3.46. The van der Waals surface area contributed by atoms with Crippen molar-refractivity contribution >= 4 is 27.4 Å². The van der Waals surface area contributed by atoms with Crippen molar-refractivity contribution in [3.63, 3.8) is 0 Å². The van der Waals surface area contributed by atoms with Gasteiger partial charge in [0.2, 0.25) is 0 Å². The van der Waals surface area contributed by atoms with E-state index in [2.05, 4.69) is 39.2 Å². The Morgan fingerprint density at radius 2 is 2.17 bits per heavy atom. The zero-order valence-electron chi connectivity index (χ0n) is 9.94. The summed E-state index contributed by atoms with van der Waals surface area (Å²) in [5, 5.41) is 12.1. The molecule has 1 N–H and O–H groups in total. The molecule has 0 aliphatic heterocycles. The molecule has 3 nitrogen and oxygen atoms in total. The highest BCUT2D eigenvalue weighted by Crippen LogP contribution is 2.24. The lowest BCUT2D eigenvalue weighted by Gasteiger charge is -2.10. The lowest BCUT2D eigenvalue weighted by atomic mass is 10.1. The Labute approximate surface area is 115 Å². The Bertz CT molecular complexity index is 602. The number of nitrogens with one attached hydrogen (secondary N) is 1. The highest BCUT2D eigenvalue weighted by molar-refractivity contribution is 9.10. The van der Waals surface area contributed by atoms with Gasteiger partial charge in [-0.2, -0.15) is 5.26 Å². The van der Waals surface area contributed by atoms with Gasteiger partial charge in [0.15, 0.2) is 0 Å². The molecule has 0 bridgehead atoms. The zero-order chi connectivity index (χ0) is 13.0. The standard InChI is InChI=1S/C14H12BrN3/c1-2-10-8-11(15)6-7-13(10)18-14-5-3-4-12(9-16)17-14/h3-8H,2H2,1H3,(H,17,18). The Balaban J connectivity index is 2.31. The van der Waals surface area contributed by atoms with Crippen LogP contribution in [-0.4, -0.2) is 4.98 Å². The van der Waals surface area contributed by atoms with E-state index in [0.29, 0.717) is 11.5 Å². The summed E-state index contributed by atoms with van der Waals surface area (Å²) in [5.74, 6) is 0.686. The number of pyridine rings is 1. The minimum absolute atomic E-state index is 0.412. The van der Waals surface area contributed by atoms with Crippen LogP contribution < -0.4 is 5.32 Å². The van der Waals surface area contributed by atoms with Crippen molar-refractivity contribution in [1.82, 2.24) is 4.98 Å². The number of anilines is 2. The number of nitrogens with zero attached hydrogens (tertiary/aromatic N) is 2. The van der Waals surface area contributed by atoms with Crippen LogP contribution >= 0.6 is 15.9 Å². The Morgan fingerprint density at radius 1 is 1.33 bits per heavy atom. The van der Waals surface area contributed by atoms with Gasteiger partial charge in [0.05, 0.1) is 0 Å². The lowest BCUT2D eigenvalue weighted by molar-refractivity contribution is 1.13. The van der Waals surface area contributed by atoms with Gasteiger partial charge in [0, 0.05) is 10.2 Å². The van der Waals surface area contributed by atoms with E-state index in [4.69, 9.17) is 5.26 Å². The molecule has 4 heteroatoms. The van der Waals surface area contributed by atoms with Crippen molar-refractivity contribution < 1.29 is 0 Å². The van der Waals surface area contributed by atoms with E-state index < -0.39 is 0 Å². The summed E-state index contributed by atoms with van der Waals surface area (Å²) in [5.41, 5.74) is 2.63. The second kappa shape index (κ2) is 5.65. The van der Waals surface area contributed by atoms with Crippen LogP contribution in [-0.2, 0) is 6.42 Å². The van der Waals surface area contributed by atoms with Crippen molar-refractivity contribution in [2.24, 2.45) is 0 Å². The molecule has 1 aromatic carbocycles. The molecule has 0 aliphatic rings. The average molecular weight is 302 g/mol. The molecule has 1 aromatic heterocycles. The van der Waals surface area contributed by atoms with Gasteiger partial charge in [-0.05, 0) is 42.3 Å². The lowest BCUT2D eigenvalue weighted by Crippen LogP contribution is -1.98. The average Bonchev–Trinajstić information content (AvgIpc) is 2.41. The maximum absolute atomic E-state index is 8.82. The monoisotopic (exact) mass is 301 g/mol. The quantitative estimate of drug-likeness (QED) is 0.931. The smallest absolute Gasteiger partial charge is 0.142 e. The first kappa shape index (κ1) is 12.6. The molecule has 0 atom stereocenters. The number of aromatic nitrogens is 1. The van der Waals surface area contributed by atoms with Crippen LogP contribution in [0.1, 0.15) is 18.2 Å². The van der Waals surface area contributed by atoms with E-state index in [0.717, 1.165) is 16.6 Å². The summed E-state index contributed by atoms with van der Waals surface area (Å²) in [6, 6.07) is 13.5. The fraction of sp³-hybridized carbons (Fsp3) is 0.143. The van der Waals surface area contributed by atoms with Crippen molar-refractivity contribution in [3.8, 4) is 6.07 Å². The maximum atomic E-state index is 8.82. The number of hydrogen-bond donors (Lipinski definition) is 1. The third-order valence-electron chi connectivity index (χ3n) is 2.57. The normalized spacial score (nSPS) is 9.83. The Kier molecular flexibility index (Phi) is 3.96. The second-order valence-electron chi connectivity index (χ2n) is 3.80. The topological polar surface area (TPSA) is 48.7 Å². The van der Waals surface area contributed by atoms with Crippen LogP contribution in [0.4, 0.5) is 11.5 Å². The maximum Gasteiger partial charge on any atom is 0.142 e. The van der Waals surface area contributed by atoms with Gasteiger partial charge >= 0.3 is 0 Å². The molecule has 2 rings (SSSR count). The van der Waals surface area contributed by atoms with Gasteiger partial charge in [-0.3, -0.25) is 0 Å². The largest absolute Gasteiger partial charge is 0.340 e. The van der Waals surface area contributed by atoms with Gasteiger partial charge < -0.3 is 5.32 Å². The third-order valence-corrected chi connectivity index (χ3v) is 3.07. The summed E-state index contributed by atoms with van der Waals surface area (Å²) in [7, 11) is 0. The number of hydrogen-bond acceptors (Lipinski definition) is 3. The van der Waals surface area contributed by atoms with Gasteiger partial charge in [0.25, 0.3) is 0 Å². The molecule has 0 saturated heterocycles. The zero-order valence-corrected chi connectivity index (χ0v) is 11.5. The van der Waals surface area contributed by atoms with Crippen LogP contribution in [0.2, 0.25) is 0 Å². The fourth-order valence-electron chi connectivity index (χ4n) is 1.68. The van der Waals surface area contributed by atoms with Crippen LogP contribution in [0.15, 0.2) is 40.9 Å². The van der Waals surface area contributed by atoms with Crippen LogP contribution in [0.25, 0.3) is 0 Å². The Morgan fingerprint density at radius 3 is 2.89 bits per heavy atom. The summed E-state index contributed by atoms with van der Waals surface area (Å²) < 4.78 is 1.06. The van der Waals surface area contributed by atoms with Crippen LogP contribution in [0.3, 0.4) is 0 Å². The van der Waals surface area contributed by atoms with Crippen LogP contribution in [0, 0.1) is 11.3 Å². The van der Waals surface area contributed by atoms with Crippen LogP contribution in [0.5, 0.6) is 0 Å². The summed E-state index contributed by atoms with van der Waals surface area (Å²) in [6.45, 7) is 2.10. The predicted molar refractivity (Wildman–Crippen MR) is 75.8 cm³/mol. The first-order valence-corrected chi connectivity index (χ1v) is 6.45. The van der Waals surface area contributed by atoms with E-state index in [1.807, 2.05) is 30.3 Å². The molecule has 1 heterocycles. The molecule has 0 spiro atoms. The summed E-state index contributed by atoms with van der Waals surface area (Å²) in [6.07, 6.45) is 0.930. The highest BCUT2D eigenvalue weighted by Gasteiger charge is 2.03. The van der Waals surface area contributed by atoms with Gasteiger partial charge in [-0.1, -0.05) is 28.9 Å². The molecular weight excluding hydrogens is 290 g/mol. The van der Waals surface area contributed by atoms with Crippen molar-refractivity contribution in [3.05, 3.63) is 52.1 Å². The first-order chi connectivity index (χ1) is 8.72. The minimum Gasteiger partial charge on any atom is -0.340 e. The van der Waals surface area contributed by atoms with Crippen molar-refractivity contribution in [1.29, 1.82) is 5.26 Å². The van der Waals surface area contributed by atoms with Gasteiger partial charge in [0.1, 0.15) is 17.6 Å².